The number of hydrogen-bond acceptors (Lipinski definition) is 4. The van der Waals surface area contributed by atoms with Gasteiger partial charge in [0.1, 0.15) is 17.1 Å². The van der Waals surface area contributed by atoms with Crippen LogP contribution in [0.2, 0.25) is 0 Å². The summed E-state index contributed by atoms with van der Waals surface area (Å²) in [5.41, 5.74) is 0.661. The Morgan fingerprint density at radius 3 is 2.00 bits per heavy atom. The molecule has 4 heteroatoms. The summed E-state index contributed by atoms with van der Waals surface area (Å²) in [5.74, 6) is 1.51. The molecule has 0 aromatic heterocycles. The maximum absolute atomic E-state index is 12.0. The first-order valence-electron chi connectivity index (χ1n) is 11.9. The van der Waals surface area contributed by atoms with Crippen molar-refractivity contribution >= 4 is 5.97 Å². The van der Waals surface area contributed by atoms with Gasteiger partial charge >= 0.3 is 5.97 Å². The summed E-state index contributed by atoms with van der Waals surface area (Å²) in [6, 6.07) is 5.97. The summed E-state index contributed by atoms with van der Waals surface area (Å²) in [5, 5.41) is 0. The van der Waals surface area contributed by atoms with E-state index in [1.807, 2.05) is 32.9 Å². The molecular weight excluding hydrogens is 376 g/mol. The molecule has 30 heavy (non-hydrogen) atoms. The number of carbonyl (C=O) groups is 1. The van der Waals surface area contributed by atoms with Gasteiger partial charge in [-0.3, -0.25) is 0 Å². The van der Waals surface area contributed by atoms with E-state index in [4.69, 9.17) is 14.2 Å². The number of esters is 1. The lowest BCUT2D eigenvalue weighted by atomic mass is 9.98. The topological polar surface area (TPSA) is 44.8 Å². The molecule has 0 aliphatic heterocycles. The van der Waals surface area contributed by atoms with Gasteiger partial charge in [0.2, 0.25) is 0 Å². The summed E-state index contributed by atoms with van der Waals surface area (Å²) in [6.45, 7) is 12.8. The zero-order valence-corrected chi connectivity index (χ0v) is 20.2. The lowest BCUT2D eigenvalue weighted by Crippen LogP contribution is -2.27. The van der Waals surface area contributed by atoms with Gasteiger partial charge in [-0.25, -0.2) is 4.79 Å². The first-order chi connectivity index (χ1) is 14.2. The smallest absolute Gasteiger partial charge is 0.344 e. The number of rotatable bonds is 15. The second-order valence-corrected chi connectivity index (χ2v) is 9.25. The van der Waals surface area contributed by atoms with Gasteiger partial charge in [0, 0.05) is 6.07 Å². The van der Waals surface area contributed by atoms with Crippen molar-refractivity contribution in [3.8, 4) is 11.5 Å². The third-order valence-corrected chi connectivity index (χ3v) is 5.13. The number of unbranched alkanes of at least 4 members (excludes halogenated alkanes) is 7. The molecule has 1 aromatic carbocycles. The molecule has 0 bridgehead atoms. The maximum atomic E-state index is 12.0. The van der Waals surface area contributed by atoms with Crippen LogP contribution in [0.25, 0.3) is 0 Å². The third kappa shape index (κ3) is 12.1. The summed E-state index contributed by atoms with van der Waals surface area (Å²) in [6.07, 6.45) is 11.3. The average Bonchev–Trinajstić information content (AvgIpc) is 2.69. The number of carbonyl (C=O) groups excluding carboxylic acids is 1. The van der Waals surface area contributed by atoms with Crippen LogP contribution in [0.4, 0.5) is 0 Å². The van der Waals surface area contributed by atoms with E-state index in [-0.39, 0.29) is 12.6 Å². The van der Waals surface area contributed by atoms with Gasteiger partial charge in [0.25, 0.3) is 0 Å². The van der Waals surface area contributed by atoms with E-state index in [0.29, 0.717) is 18.3 Å². The molecule has 1 atom stereocenters. The fourth-order valence-electron chi connectivity index (χ4n) is 3.22. The third-order valence-electron chi connectivity index (χ3n) is 5.13. The molecule has 0 heterocycles. The van der Waals surface area contributed by atoms with E-state index in [2.05, 4.69) is 26.8 Å². The van der Waals surface area contributed by atoms with E-state index >= 15 is 0 Å². The standard InChI is InChI=1S/C26H44O4/c1-7-9-10-11-12-13-14-15-16-28-23-17-22(21(3)8-2)18-24(19-23)29-20-25(27)30-26(4,5)6/h17-19,21H,7-16,20H2,1-6H3. The van der Waals surface area contributed by atoms with Gasteiger partial charge in [0.05, 0.1) is 6.61 Å². The zero-order valence-electron chi connectivity index (χ0n) is 20.2. The van der Waals surface area contributed by atoms with E-state index in [9.17, 15) is 4.79 Å². The minimum Gasteiger partial charge on any atom is -0.493 e. The Morgan fingerprint density at radius 1 is 0.867 bits per heavy atom. The Hall–Kier alpha value is -1.71. The van der Waals surface area contributed by atoms with E-state index in [1.54, 1.807) is 0 Å². The predicted octanol–water partition coefficient (Wildman–Crippen LogP) is 7.44. The van der Waals surface area contributed by atoms with Crippen LogP contribution >= 0.6 is 0 Å². The Labute approximate surface area is 184 Å². The number of benzene rings is 1. The van der Waals surface area contributed by atoms with Crippen LogP contribution in [0.3, 0.4) is 0 Å². The molecule has 0 aliphatic carbocycles. The van der Waals surface area contributed by atoms with Crippen LogP contribution < -0.4 is 9.47 Å². The van der Waals surface area contributed by atoms with Crippen molar-refractivity contribution in [2.75, 3.05) is 13.2 Å². The first-order valence-corrected chi connectivity index (χ1v) is 11.9. The van der Waals surface area contributed by atoms with Crippen molar-refractivity contribution in [1.29, 1.82) is 0 Å². The molecule has 0 saturated heterocycles. The van der Waals surface area contributed by atoms with Crippen molar-refractivity contribution in [3.63, 3.8) is 0 Å². The maximum Gasteiger partial charge on any atom is 0.344 e. The number of hydrogen-bond donors (Lipinski definition) is 0. The molecule has 172 valence electrons. The van der Waals surface area contributed by atoms with Crippen molar-refractivity contribution < 1.29 is 19.0 Å². The van der Waals surface area contributed by atoms with Gasteiger partial charge in [-0.05, 0) is 57.2 Å². The summed E-state index contributed by atoms with van der Waals surface area (Å²) in [7, 11) is 0. The highest BCUT2D eigenvalue weighted by Crippen LogP contribution is 2.29. The Bertz CT molecular complexity index is 604. The minimum absolute atomic E-state index is 0.0985. The highest BCUT2D eigenvalue weighted by molar-refractivity contribution is 5.71. The average molecular weight is 421 g/mol. The highest BCUT2D eigenvalue weighted by atomic mass is 16.6. The van der Waals surface area contributed by atoms with E-state index < -0.39 is 5.60 Å². The van der Waals surface area contributed by atoms with Gasteiger partial charge < -0.3 is 14.2 Å². The SMILES string of the molecule is CCCCCCCCCCOc1cc(OCC(=O)OC(C)(C)C)cc(C(C)CC)c1. The van der Waals surface area contributed by atoms with Crippen molar-refractivity contribution in [2.24, 2.45) is 0 Å². The van der Waals surface area contributed by atoms with E-state index in [1.165, 1.54) is 50.5 Å². The Kier molecular flexibility index (Phi) is 12.6. The second kappa shape index (κ2) is 14.3. The molecule has 0 fully saturated rings. The minimum atomic E-state index is -0.511. The van der Waals surface area contributed by atoms with Gasteiger partial charge in [-0.2, -0.15) is 0 Å². The molecule has 1 unspecified atom stereocenters. The van der Waals surface area contributed by atoms with Crippen LogP contribution in [0.1, 0.15) is 111 Å². The molecule has 0 saturated carbocycles. The van der Waals surface area contributed by atoms with Gasteiger partial charge in [-0.15, -0.1) is 0 Å². The zero-order chi connectivity index (χ0) is 22.4. The fourth-order valence-corrected chi connectivity index (χ4v) is 3.22. The van der Waals surface area contributed by atoms with Crippen molar-refractivity contribution in [2.45, 2.75) is 111 Å². The summed E-state index contributed by atoms with van der Waals surface area (Å²) >= 11 is 0. The molecule has 1 aromatic rings. The normalized spacial score (nSPS) is 12.5. The van der Waals surface area contributed by atoms with E-state index in [0.717, 1.165) is 18.6 Å². The second-order valence-electron chi connectivity index (χ2n) is 9.25. The predicted molar refractivity (Wildman–Crippen MR) is 125 cm³/mol. The van der Waals surface area contributed by atoms with Crippen LogP contribution in [0, 0.1) is 0 Å². The first kappa shape index (κ1) is 26.3. The lowest BCUT2D eigenvalue weighted by molar-refractivity contribution is -0.157. The molecule has 0 amide bonds. The Balaban J connectivity index is 2.53. The molecule has 0 radical (unpaired) electrons. The summed E-state index contributed by atoms with van der Waals surface area (Å²) in [4.78, 5) is 12.0. The molecule has 0 spiro atoms. The summed E-state index contributed by atoms with van der Waals surface area (Å²) < 4.78 is 17.1. The van der Waals surface area contributed by atoms with Crippen LogP contribution in [-0.2, 0) is 9.53 Å². The molecule has 4 nitrogen and oxygen atoms in total. The quantitative estimate of drug-likeness (QED) is 0.218. The van der Waals surface area contributed by atoms with Crippen LogP contribution in [-0.4, -0.2) is 24.8 Å². The monoisotopic (exact) mass is 420 g/mol. The van der Waals surface area contributed by atoms with Crippen LogP contribution in [0.5, 0.6) is 11.5 Å². The van der Waals surface area contributed by atoms with Crippen molar-refractivity contribution in [3.05, 3.63) is 23.8 Å². The van der Waals surface area contributed by atoms with Crippen molar-refractivity contribution in [1.82, 2.24) is 0 Å². The highest BCUT2D eigenvalue weighted by Gasteiger charge is 2.17. The number of ether oxygens (including phenoxy) is 3. The van der Waals surface area contributed by atoms with Crippen LogP contribution in [0.15, 0.2) is 18.2 Å². The molecular formula is C26H44O4. The van der Waals surface area contributed by atoms with Gasteiger partial charge in [0.15, 0.2) is 6.61 Å². The fraction of sp³-hybridized carbons (Fsp3) is 0.731. The molecule has 0 N–H and O–H groups in total. The largest absolute Gasteiger partial charge is 0.493 e. The lowest BCUT2D eigenvalue weighted by Gasteiger charge is -2.20. The molecule has 0 aliphatic rings. The molecule has 1 rings (SSSR count). The Morgan fingerprint density at radius 2 is 1.43 bits per heavy atom. The van der Waals surface area contributed by atoms with Gasteiger partial charge in [-0.1, -0.05) is 65.7 Å².